The van der Waals surface area contributed by atoms with Crippen LogP contribution in [0.2, 0.25) is 10.0 Å². The standard InChI is InChI=1S/C20H28BCl2NO5/c1-18(2,3)27-17(26)24-11-13(21-28-19(4,5)20(6,7)29-21)8-12-9-15(23)16(25)10-14(12)22/h8-10,25H,11H2,1-7H3,(H,24,26). The van der Waals surface area contributed by atoms with Crippen LogP contribution in [0.3, 0.4) is 0 Å². The zero-order valence-electron chi connectivity index (χ0n) is 17.9. The predicted molar refractivity (Wildman–Crippen MR) is 116 cm³/mol. The Hall–Kier alpha value is -1.41. The summed E-state index contributed by atoms with van der Waals surface area (Å²) in [5, 5.41) is 12.9. The summed E-state index contributed by atoms with van der Waals surface area (Å²) in [6.45, 7) is 13.2. The van der Waals surface area contributed by atoms with Crippen LogP contribution in [-0.4, -0.2) is 41.7 Å². The largest absolute Gasteiger partial charge is 0.506 e. The average Bonchev–Trinajstić information content (AvgIpc) is 2.74. The second kappa shape index (κ2) is 8.38. The monoisotopic (exact) mass is 443 g/mol. The van der Waals surface area contributed by atoms with E-state index in [1.54, 1.807) is 26.8 Å². The summed E-state index contributed by atoms with van der Waals surface area (Å²) in [5.41, 5.74) is -0.548. The highest BCUT2D eigenvalue weighted by molar-refractivity contribution is 6.56. The lowest BCUT2D eigenvalue weighted by Gasteiger charge is -2.32. The number of amides is 1. The second-order valence-corrected chi connectivity index (χ2v) is 9.80. The zero-order valence-corrected chi connectivity index (χ0v) is 19.4. The summed E-state index contributed by atoms with van der Waals surface area (Å²) in [4.78, 5) is 12.1. The fourth-order valence-electron chi connectivity index (χ4n) is 2.55. The maximum Gasteiger partial charge on any atom is 0.492 e. The van der Waals surface area contributed by atoms with Crippen LogP contribution in [0.15, 0.2) is 17.6 Å². The van der Waals surface area contributed by atoms with Crippen LogP contribution < -0.4 is 5.32 Å². The molecule has 2 rings (SSSR count). The Kier molecular flexibility index (Phi) is 6.90. The van der Waals surface area contributed by atoms with Crippen molar-refractivity contribution in [1.29, 1.82) is 0 Å². The van der Waals surface area contributed by atoms with Gasteiger partial charge in [-0.25, -0.2) is 4.79 Å². The van der Waals surface area contributed by atoms with Crippen LogP contribution in [0.4, 0.5) is 4.79 Å². The Labute approximate surface area is 182 Å². The van der Waals surface area contributed by atoms with Crippen LogP contribution in [-0.2, 0) is 14.0 Å². The van der Waals surface area contributed by atoms with E-state index in [0.717, 1.165) is 0 Å². The lowest BCUT2D eigenvalue weighted by Crippen LogP contribution is -2.41. The quantitative estimate of drug-likeness (QED) is 0.622. The topological polar surface area (TPSA) is 77.0 Å². The third-order valence-electron chi connectivity index (χ3n) is 4.80. The maximum atomic E-state index is 12.1. The number of carbonyl (C=O) groups excluding carboxylic acids is 1. The molecule has 0 bridgehead atoms. The highest BCUT2D eigenvalue weighted by Gasteiger charge is 2.52. The molecule has 0 aliphatic carbocycles. The molecule has 1 saturated heterocycles. The minimum absolute atomic E-state index is 0.112. The van der Waals surface area contributed by atoms with E-state index in [9.17, 15) is 9.90 Å². The number of carbonyl (C=O) groups is 1. The molecule has 0 atom stereocenters. The minimum atomic E-state index is -0.710. The third-order valence-corrected chi connectivity index (χ3v) is 5.43. The van der Waals surface area contributed by atoms with Gasteiger partial charge < -0.3 is 24.5 Å². The molecule has 1 aromatic carbocycles. The normalized spacial score (nSPS) is 18.7. The zero-order chi connectivity index (χ0) is 22.2. The lowest BCUT2D eigenvalue weighted by molar-refractivity contribution is 0.00578. The highest BCUT2D eigenvalue weighted by atomic mass is 35.5. The van der Waals surface area contributed by atoms with Crippen LogP contribution in [0.5, 0.6) is 5.75 Å². The van der Waals surface area contributed by atoms with Crippen molar-refractivity contribution in [2.45, 2.75) is 65.3 Å². The van der Waals surface area contributed by atoms with E-state index >= 15 is 0 Å². The Morgan fingerprint density at radius 3 is 2.24 bits per heavy atom. The van der Waals surface area contributed by atoms with E-state index in [0.29, 0.717) is 16.1 Å². The average molecular weight is 444 g/mol. The summed E-state index contributed by atoms with van der Waals surface area (Å²) < 4.78 is 17.5. The van der Waals surface area contributed by atoms with Gasteiger partial charge in [0.2, 0.25) is 0 Å². The Balaban J connectivity index is 2.34. The number of phenols is 1. The van der Waals surface area contributed by atoms with E-state index in [4.69, 9.17) is 37.2 Å². The Morgan fingerprint density at radius 2 is 1.72 bits per heavy atom. The number of nitrogens with one attached hydrogen (secondary N) is 1. The molecule has 1 amide bonds. The number of benzene rings is 1. The molecule has 0 radical (unpaired) electrons. The van der Waals surface area contributed by atoms with Gasteiger partial charge in [-0.15, -0.1) is 0 Å². The molecule has 0 spiro atoms. The molecule has 0 aromatic heterocycles. The number of phenolic OH excluding ortho intramolecular Hbond substituents is 1. The van der Waals surface area contributed by atoms with Gasteiger partial charge in [-0.2, -0.15) is 0 Å². The van der Waals surface area contributed by atoms with E-state index in [2.05, 4.69) is 5.32 Å². The van der Waals surface area contributed by atoms with Gasteiger partial charge in [0, 0.05) is 12.6 Å². The molecule has 2 N–H and O–H groups in total. The van der Waals surface area contributed by atoms with E-state index in [1.807, 2.05) is 27.7 Å². The van der Waals surface area contributed by atoms with Crippen molar-refractivity contribution in [3.05, 3.63) is 33.2 Å². The number of ether oxygens (including phenoxy) is 1. The smallest absolute Gasteiger partial charge is 0.492 e. The van der Waals surface area contributed by atoms with Gasteiger partial charge in [-0.1, -0.05) is 29.3 Å². The van der Waals surface area contributed by atoms with Crippen molar-refractivity contribution >= 4 is 42.5 Å². The summed E-state index contributed by atoms with van der Waals surface area (Å²) in [6, 6.07) is 2.90. The lowest BCUT2D eigenvalue weighted by atomic mass is 9.77. The number of hydrogen-bond donors (Lipinski definition) is 2. The number of hydrogen-bond acceptors (Lipinski definition) is 5. The van der Waals surface area contributed by atoms with Crippen molar-refractivity contribution in [1.82, 2.24) is 5.32 Å². The summed E-state index contributed by atoms with van der Waals surface area (Å²) in [6.07, 6.45) is 1.17. The summed E-state index contributed by atoms with van der Waals surface area (Å²) in [7, 11) is -0.710. The SMILES string of the molecule is CC(C)(C)OC(=O)NCC(=Cc1cc(Cl)c(O)cc1Cl)B1OC(C)(C)C(C)(C)O1. The molecule has 1 aromatic rings. The van der Waals surface area contributed by atoms with Gasteiger partial charge in [-0.3, -0.25) is 0 Å². The molecule has 0 saturated carbocycles. The van der Waals surface area contributed by atoms with Gasteiger partial charge in [-0.05, 0) is 65.6 Å². The number of rotatable bonds is 4. The first-order valence-corrected chi connectivity index (χ1v) is 10.1. The van der Waals surface area contributed by atoms with Crippen LogP contribution in [0, 0.1) is 0 Å². The molecule has 0 unspecified atom stereocenters. The van der Waals surface area contributed by atoms with Crippen LogP contribution in [0.25, 0.3) is 6.08 Å². The van der Waals surface area contributed by atoms with Crippen molar-refractivity contribution in [2.24, 2.45) is 0 Å². The molecule has 1 aliphatic rings. The van der Waals surface area contributed by atoms with E-state index < -0.39 is 30.0 Å². The van der Waals surface area contributed by atoms with Crippen molar-refractivity contribution in [2.75, 3.05) is 6.54 Å². The molecular weight excluding hydrogens is 416 g/mol. The number of halogens is 2. The molecular formula is C20H28BCl2NO5. The highest BCUT2D eigenvalue weighted by Crippen LogP contribution is 2.39. The van der Waals surface area contributed by atoms with E-state index in [1.165, 1.54) is 12.1 Å². The first-order chi connectivity index (χ1) is 13.1. The van der Waals surface area contributed by atoms with Crippen molar-refractivity contribution in [3.63, 3.8) is 0 Å². The molecule has 29 heavy (non-hydrogen) atoms. The Bertz CT molecular complexity index is 802. The molecule has 6 nitrogen and oxygen atoms in total. The molecule has 1 aliphatic heterocycles. The number of alkyl carbamates (subject to hydrolysis) is 1. The number of aromatic hydroxyl groups is 1. The maximum absolute atomic E-state index is 12.1. The minimum Gasteiger partial charge on any atom is -0.506 e. The first-order valence-electron chi connectivity index (χ1n) is 9.32. The fourth-order valence-corrected chi connectivity index (χ4v) is 2.93. The van der Waals surface area contributed by atoms with E-state index in [-0.39, 0.29) is 17.3 Å². The Morgan fingerprint density at radius 1 is 1.17 bits per heavy atom. The van der Waals surface area contributed by atoms with Crippen LogP contribution >= 0.6 is 23.2 Å². The molecule has 9 heteroatoms. The second-order valence-electron chi connectivity index (χ2n) is 8.99. The molecule has 160 valence electrons. The predicted octanol–water partition coefficient (Wildman–Crippen LogP) is 5.24. The molecule has 1 fully saturated rings. The first kappa shape index (κ1) is 23.9. The third kappa shape index (κ3) is 6.04. The summed E-state index contributed by atoms with van der Waals surface area (Å²) in [5.74, 6) is -0.113. The van der Waals surface area contributed by atoms with Crippen LogP contribution in [0.1, 0.15) is 54.0 Å². The van der Waals surface area contributed by atoms with Gasteiger partial charge in [0.1, 0.15) is 11.4 Å². The van der Waals surface area contributed by atoms with Crippen molar-refractivity contribution in [3.8, 4) is 5.75 Å². The molecule has 1 heterocycles. The van der Waals surface area contributed by atoms with Crippen molar-refractivity contribution < 1.29 is 23.9 Å². The van der Waals surface area contributed by atoms with Gasteiger partial charge in [0.15, 0.2) is 0 Å². The van der Waals surface area contributed by atoms with Gasteiger partial charge in [0.05, 0.1) is 21.2 Å². The van der Waals surface area contributed by atoms with Gasteiger partial charge in [0.25, 0.3) is 0 Å². The fraction of sp³-hybridized carbons (Fsp3) is 0.550. The van der Waals surface area contributed by atoms with Gasteiger partial charge >= 0.3 is 13.2 Å². The summed E-state index contributed by atoms with van der Waals surface area (Å²) >= 11 is 12.3.